The van der Waals surface area contributed by atoms with Crippen LogP contribution in [0.2, 0.25) is 38.0 Å². The first-order chi connectivity index (χ1) is 16.8. The summed E-state index contributed by atoms with van der Waals surface area (Å²) in [7, 11) is 2.23. The van der Waals surface area contributed by atoms with Gasteiger partial charge in [0.15, 0.2) is 0 Å². The second kappa shape index (κ2) is 2.86. The van der Waals surface area contributed by atoms with Crippen LogP contribution in [0.15, 0.2) is 60.7 Å². The molecule has 0 aliphatic carbocycles. The average molecular weight is 574 g/mol. The second-order valence-electron chi connectivity index (χ2n) is 18.2. The third kappa shape index (κ3) is 0.453. The Kier molecular flexibility index (Phi) is 1.60. The maximum atomic E-state index is 2.90. The van der Waals surface area contributed by atoms with E-state index < -0.39 is 6.51 Å². The molecule has 10 aliphatic rings. The zero-order valence-corrected chi connectivity index (χ0v) is 26.7. The molecule has 192 valence electrons. The molecule has 12 rings (SSSR count). The summed E-state index contributed by atoms with van der Waals surface area (Å²) < 4.78 is 2.59. The molecule has 10 aliphatic heterocycles. The average Bonchev–Trinajstić information content (AvgIpc) is 3.74. The Morgan fingerprint density at radius 1 is 0.667 bits per heavy atom. The summed E-state index contributed by atoms with van der Waals surface area (Å²) in [5, 5.41) is 4.35. The molecular weight excluding hydrogens is 533 g/mol. The van der Waals surface area contributed by atoms with Gasteiger partial charge < -0.3 is 0 Å². The van der Waals surface area contributed by atoms with Crippen molar-refractivity contribution < 1.29 is 6.51 Å². The van der Waals surface area contributed by atoms with E-state index in [4.69, 9.17) is 0 Å². The van der Waals surface area contributed by atoms with Crippen molar-refractivity contribution in [3.05, 3.63) is 60.7 Å². The topological polar surface area (TPSA) is 0 Å². The predicted octanol–water partition coefficient (Wildman–Crippen LogP) is 9.04. The monoisotopic (exact) mass is 574 g/mol. The molecule has 0 amide bonds. The molecule has 2 aromatic carbocycles. The van der Waals surface area contributed by atoms with Crippen molar-refractivity contribution in [3.63, 3.8) is 0 Å². The number of fused-ring (bicyclic) bond motifs is 10. The van der Waals surface area contributed by atoms with E-state index >= 15 is 0 Å². The first-order valence-corrected chi connectivity index (χ1v) is 24.0. The van der Waals surface area contributed by atoms with Gasteiger partial charge in [-0.3, -0.25) is 0 Å². The molecule has 8 atom stereocenters. The molecule has 1 spiro atoms. The van der Waals surface area contributed by atoms with Gasteiger partial charge in [0.1, 0.15) is 0 Å². The van der Waals surface area contributed by atoms with Crippen LogP contribution in [0.25, 0.3) is 0 Å². The van der Waals surface area contributed by atoms with Crippen LogP contribution in [-0.4, -0.2) is 24.1 Å². The van der Waals surface area contributed by atoms with Crippen LogP contribution >= 0.6 is 25.1 Å². The van der Waals surface area contributed by atoms with Gasteiger partial charge in [0.05, 0.1) is 0 Å². The molecule has 10 saturated heterocycles. The fraction of sp³-hybridized carbons (Fsp3) is 0.625. The third-order valence-electron chi connectivity index (χ3n) is 19.8. The molecule has 10 fully saturated rings. The van der Waals surface area contributed by atoms with Crippen molar-refractivity contribution in [1.82, 2.24) is 0 Å². The molecule has 0 aromatic heterocycles. The molecular formula is C32H41FeP3. The van der Waals surface area contributed by atoms with Gasteiger partial charge in [-0.1, -0.05) is 0 Å². The zero-order valence-electron chi connectivity index (χ0n) is 22.7. The van der Waals surface area contributed by atoms with Crippen molar-refractivity contribution >= 4 is 35.7 Å². The van der Waals surface area contributed by atoms with E-state index in [1.54, 1.807) is 10.6 Å². The SMILES string of the molecule is CC(P(C(C)(C)C)C(C)(C)C)[C]12[C]3(Pc4ccccc4)[CH]4[CH]5[C@@]1(Pc1ccccc1)[Fe]45321678[CH]2[CH]1[CH]6[CH]7[CH]28. The Balaban J connectivity index is 1.18. The van der Waals surface area contributed by atoms with Gasteiger partial charge in [-0.05, 0) is 0 Å². The van der Waals surface area contributed by atoms with Gasteiger partial charge in [0, 0.05) is 0 Å². The fourth-order valence-electron chi connectivity index (χ4n) is 22.8. The molecule has 0 bridgehead atoms. The van der Waals surface area contributed by atoms with E-state index in [0.29, 0.717) is 10.3 Å². The quantitative estimate of drug-likeness (QED) is 0.239. The maximum absolute atomic E-state index is 3.79. The Hall–Kier alpha value is 0.249. The summed E-state index contributed by atoms with van der Waals surface area (Å²) in [5.41, 5.74) is 0.971. The summed E-state index contributed by atoms with van der Waals surface area (Å²) in [6.45, 7) is 14.9. The summed E-state index contributed by atoms with van der Waals surface area (Å²) >= 11 is 0. The van der Waals surface area contributed by atoms with Crippen LogP contribution in [0.3, 0.4) is 0 Å². The molecule has 0 radical (unpaired) electrons. The summed E-state index contributed by atoms with van der Waals surface area (Å²) in [5.74, 6) is 0. The molecule has 0 saturated carbocycles. The second-order valence-corrected chi connectivity index (χ2v) is 49.6. The van der Waals surface area contributed by atoms with Crippen LogP contribution in [-0.2, 0) is 6.51 Å². The number of hydrogen-bond acceptors (Lipinski definition) is 0. The van der Waals surface area contributed by atoms with E-state index in [9.17, 15) is 0 Å². The first-order valence-electron chi connectivity index (χ1n) is 14.4. The van der Waals surface area contributed by atoms with Gasteiger partial charge in [0.2, 0.25) is 0 Å². The van der Waals surface area contributed by atoms with Crippen LogP contribution in [0.4, 0.5) is 0 Å². The number of hydrogen-bond donors (Lipinski definition) is 0. The molecule has 36 heavy (non-hydrogen) atoms. The molecule has 4 heteroatoms. The number of benzene rings is 2. The zero-order chi connectivity index (χ0) is 24.7. The molecule has 7 unspecified atom stereocenters. The van der Waals surface area contributed by atoms with Crippen LogP contribution in [0.1, 0.15) is 48.5 Å². The minimum absolute atomic E-state index is 0.0790. The van der Waals surface area contributed by atoms with Crippen LogP contribution < -0.4 is 10.6 Å². The van der Waals surface area contributed by atoms with Gasteiger partial charge in [0.25, 0.3) is 0 Å². The number of rotatable bonds is 6. The van der Waals surface area contributed by atoms with Crippen molar-refractivity contribution in [2.75, 3.05) is 0 Å². The van der Waals surface area contributed by atoms with E-state index in [-0.39, 0.29) is 7.92 Å². The molecule has 0 nitrogen and oxygen atoms in total. The summed E-state index contributed by atoms with van der Waals surface area (Å²) in [6.07, 6.45) is 0. The predicted molar refractivity (Wildman–Crippen MR) is 159 cm³/mol. The Morgan fingerprint density at radius 2 is 1.03 bits per heavy atom. The van der Waals surface area contributed by atoms with Crippen molar-refractivity contribution in [1.29, 1.82) is 0 Å². The minimum atomic E-state index is -3.79. The van der Waals surface area contributed by atoms with E-state index in [2.05, 4.69) is 109 Å². The van der Waals surface area contributed by atoms with E-state index in [0.717, 1.165) is 35.2 Å². The third-order valence-corrected chi connectivity index (χ3v) is 79.7. The van der Waals surface area contributed by atoms with Gasteiger partial charge in [-0.15, -0.1) is 0 Å². The van der Waals surface area contributed by atoms with Crippen molar-refractivity contribution in [3.8, 4) is 0 Å². The standard InChI is InChI=1S/C27H36P3.C5H5.Fe/c1-20(30(26(2,3)4)27(5,6)7)25-23(28-21-14-10-8-11-15-21)18-19-24(25)29-22-16-12-9-13-17-22;1-2-4-5-3-1;/h8-20,28-29H,1-7H3;1-5H;. The van der Waals surface area contributed by atoms with Gasteiger partial charge >= 0.3 is 213 Å². The Labute approximate surface area is 212 Å². The first kappa shape index (κ1) is 20.2. The fourth-order valence-corrected chi connectivity index (χ4v) is 133. The van der Waals surface area contributed by atoms with Crippen LogP contribution in [0.5, 0.6) is 0 Å². The van der Waals surface area contributed by atoms with Gasteiger partial charge in [-0.2, -0.15) is 0 Å². The summed E-state index contributed by atoms with van der Waals surface area (Å²) in [4.78, 5) is 9.35. The van der Waals surface area contributed by atoms with Crippen molar-refractivity contribution in [2.45, 2.75) is 111 Å². The van der Waals surface area contributed by atoms with E-state index in [1.807, 2.05) is 0 Å². The Bertz CT molecular complexity index is 1720. The van der Waals surface area contributed by atoms with E-state index in [1.165, 1.54) is 33.7 Å². The molecule has 10 heterocycles. The van der Waals surface area contributed by atoms with Gasteiger partial charge in [-0.25, -0.2) is 0 Å². The normalized spacial score (nSPS) is 69.3. The van der Waals surface area contributed by atoms with Crippen LogP contribution in [0, 0.1) is 0 Å². The molecule has 0 N–H and O–H groups in total. The molecule has 2 aromatic rings. The Morgan fingerprint density at radius 3 is 1.33 bits per heavy atom. The van der Waals surface area contributed by atoms with Crippen molar-refractivity contribution in [2.24, 2.45) is 0 Å². The summed E-state index contributed by atoms with van der Waals surface area (Å²) in [6, 6.07) is 24.0.